The van der Waals surface area contributed by atoms with Gasteiger partial charge in [-0.15, -0.1) is 35.5 Å². The molecule has 0 fully saturated rings. The Balaban J connectivity index is 1.57. The first kappa shape index (κ1) is 32.8. The molecule has 9 heteroatoms. The minimum Gasteiger partial charge on any atom is -0.507 e. The van der Waals surface area contributed by atoms with Crippen molar-refractivity contribution in [3.63, 3.8) is 0 Å². The van der Waals surface area contributed by atoms with E-state index < -0.39 is 0 Å². The standard InChI is InChI=1S/C34H44N4O3S2/c1-20-15-25(29(39)27(17-20)33(3,4)5)24(26-16-21(2)18-28(30(26)40)34(6,7)8)13-14-35-19-41-23-11-9-22(10-12-23)38-31(42)36-37-32(38)43/h9-12,15-18,24,35,39-40H,13-14,19H2,1-8H3,(H,36,42)(H,37,43). The minimum absolute atomic E-state index is 0.233. The second-order valence-electron chi connectivity index (χ2n) is 13.3. The molecule has 4 aromatic rings. The Hall–Kier alpha value is -3.14. The van der Waals surface area contributed by atoms with Crippen LogP contribution in [0.3, 0.4) is 0 Å². The van der Waals surface area contributed by atoms with Crippen LogP contribution in [0.15, 0.2) is 58.8 Å². The Morgan fingerprint density at radius 2 is 1.26 bits per heavy atom. The molecule has 230 valence electrons. The molecule has 7 nitrogen and oxygen atoms in total. The van der Waals surface area contributed by atoms with Crippen molar-refractivity contribution in [3.8, 4) is 22.9 Å². The fourth-order valence-corrected chi connectivity index (χ4v) is 6.00. The van der Waals surface area contributed by atoms with Crippen LogP contribution in [0.25, 0.3) is 5.69 Å². The van der Waals surface area contributed by atoms with Gasteiger partial charge in [-0.1, -0.05) is 76.9 Å². The lowest BCUT2D eigenvalue weighted by Crippen LogP contribution is -2.23. The van der Waals surface area contributed by atoms with Crippen molar-refractivity contribution in [3.05, 3.63) is 81.9 Å². The quantitative estimate of drug-likeness (QED) is 0.0751. The van der Waals surface area contributed by atoms with E-state index in [1.807, 2.05) is 36.4 Å². The topological polar surface area (TPSA) is 92.4 Å². The summed E-state index contributed by atoms with van der Waals surface area (Å²) >= 11 is 8.67. The molecule has 0 atom stereocenters. The lowest BCUT2D eigenvalue weighted by molar-refractivity contribution is 0.282. The van der Waals surface area contributed by atoms with Crippen LogP contribution in [0.4, 0.5) is 0 Å². The van der Waals surface area contributed by atoms with E-state index in [-0.39, 0.29) is 16.7 Å². The number of aryl methyl sites for hydroxylation is 2. The molecule has 43 heavy (non-hydrogen) atoms. The molecule has 0 aliphatic carbocycles. The molecule has 0 saturated carbocycles. The van der Waals surface area contributed by atoms with Gasteiger partial charge in [-0.2, -0.15) is 0 Å². The monoisotopic (exact) mass is 620 g/mol. The predicted molar refractivity (Wildman–Crippen MR) is 179 cm³/mol. The Morgan fingerprint density at radius 1 is 0.791 bits per heavy atom. The fraction of sp³-hybridized carbons (Fsp3) is 0.412. The van der Waals surface area contributed by atoms with Gasteiger partial charge in [0.05, 0.1) is 5.69 Å². The second kappa shape index (κ2) is 12.8. The van der Waals surface area contributed by atoms with Gasteiger partial charge in [0.15, 0.2) is 10.3 Å². The van der Waals surface area contributed by atoms with Gasteiger partial charge in [-0.3, -0.25) is 9.88 Å². The first-order valence-corrected chi connectivity index (χ1v) is 15.4. The van der Waals surface area contributed by atoms with E-state index in [0.29, 0.717) is 47.3 Å². The minimum atomic E-state index is -0.237. The number of nitrogens with one attached hydrogen (secondary N) is 1. The van der Waals surface area contributed by atoms with Gasteiger partial charge in [-0.05, 0) is 73.0 Å². The molecule has 3 aromatic carbocycles. The molecular weight excluding hydrogens is 577 g/mol. The lowest BCUT2D eigenvalue weighted by atomic mass is 9.77. The predicted octanol–water partition coefficient (Wildman–Crippen LogP) is 7.62. The third-order valence-corrected chi connectivity index (χ3v) is 8.19. The van der Waals surface area contributed by atoms with Crippen molar-refractivity contribution in [2.75, 3.05) is 13.3 Å². The first-order valence-electron chi connectivity index (χ1n) is 14.5. The van der Waals surface area contributed by atoms with Crippen molar-refractivity contribution in [1.82, 2.24) is 20.1 Å². The summed E-state index contributed by atoms with van der Waals surface area (Å²) < 4.78 is 7.68. The molecule has 0 aliphatic heterocycles. The Labute approximate surface area is 266 Å². The normalized spacial score (nSPS) is 12.3. The summed E-state index contributed by atoms with van der Waals surface area (Å²) in [5.74, 6) is 1.06. The van der Waals surface area contributed by atoms with Crippen LogP contribution in [0, 0.1) is 13.8 Å². The van der Waals surface area contributed by atoms with E-state index in [2.05, 4.69) is 108 Å². The SMILES string of the molecule is Cc1cc(C(CCNCOc2ccc(-n3c(S)nnc3S)cc2)c2cc(C)cc(C(C)(C)C)c2O)c(O)c(C(C)(C)C)c1. The number of hydrogen-bond donors (Lipinski definition) is 5. The molecule has 1 aromatic heterocycles. The number of phenolic OH excluding ortho intramolecular Hbond substituents is 2. The van der Waals surface area contributed by atoms with E-state index in [0.717, 1.165) is 39.1 Å². The van der Waals surface area contributed by atoms with Gasteiger partial charge in [0.1, 0.15) is 24.0 Å². The second-order valence-corrected chi connectivity index (χ2v) is 14.1. The van der Waals surface area contributed by atoms with E-state index >= 15 is 0 Å². The van der Waals surface area contributed by atoms with Crippen LogP contribution in [-0.2, 0) is 10.8 Å². The molecule has 0 unspecified atom stereocenters. The largest absolute Gasteiger partial charge is 0.507 e. The van der Waals surface area contributed by atoms with Gasteiger partial charge in [-0.25, -0.2) is 0 Å². The zero-order valence-corrected chi connectivity index (χ0v) is 28.1. The number of phenols is 2. The first-order chi connectivity index (χ1) is 20.1. The average molecular weight is 621 g/mol. The van der Waals surface area contributed by atoms with E-state index in [1.165, 1.54) is 0 Å². The maximum atomic E-state index is 11.6. The molecule has 0 saturated heterocycles. The average Bonchev–Trinajstić information content (AvgIpc) is 3.25. The molecule has 0 amide bonds. The van der Waals surface area contributed by atoms with Crippen molar-refractivity contribution in [2.45, 2.75) is 88.9 Å². The highest BCUT2D eigenvalue weighted by Crippen LogP contribution is 2.45. The molecule has 3 N–H and O–H groups in total. The van der Waals surface area contributed by atoms with Crippen molar-refractivity contribution >= 4 is 25.3 Å². The summed E-state index contributed by atoms with van der Waals surface area (Å²) in [6, 6.07) is 15.8. The molecule has 4 rings (SSSR count). The Morgan fingerprint density at radius 3 is 1.70 bits per heavy atom. The fourth-order valence-electron chi connectivity index (χ4n) is 5.41. The maximum absolute atomic E-state index is 11.6. The summed E-state index contributed by atoms with van der Waals surface area (Å²) in [7, 11) is 0. The third kappa shape index (κ3) is 7.51. The summed E-state index contributed by atoms with van der Waals surface area (Å²) in [5, 5.41) is 35.4. The van der Waals surface area contributed by atoms with E-state index in [4.69, 9.17) is 4.74 Å². The summed E-state index contributed by atoms with van der Waals surface area (Å²) in [6.07, 6.45) is 0.645. The molecule has 0 aliphatic rings. The summed E-state index contributed by atoms with van der Waals surface area (Å²) in [4.78, 5) is 0. The molecule has 0 radical (unpaired) electrons. The van der Waals surface area contributed by atoms with Gasteiger partial charge < -0.3 is 14.9 Å². The van der Waals surface area contributed by atoms with Crippen molar-refractivity contribution in [2.24, 2.45) is 0 Å². The highest BCUT2D eigenvalue weighted by molar-refractivity contribution is 7.80. The van der Waals surface area contributed by atoms with Gasteiger partial charge in [0.2, 0.25) is 0 Å². The Kier molecular flexibility index (Phi) is 9.79. The van der Waals surface area contributed by atoms with E-state index in [9.17, 15) is 10.2 Å². The number of hydrogen-bond acceptors (Lipinski definition) is 8. The van der Waals surface area contributed by atoms with Crippen LogP contribution in [-0.4, -0.2) is 38.3 Å². The highest BCUT2D eigenvalue weighted by Gasteiger charge is 2.29. The third-order valence-electron chi connectivity index (χ3n) is 7.61. The maximum Gasteiger partial charge on any atom is 0.193 e. The van der Waals surface area contributed by atoms with Gasteiger partial charge >= 0.3 is 0 Å². The number of aromatic nitrogens is 3. The number of thiol groups is 2. The summed E-state index contributed by atoms with van der Waals surface area (Å²) in [5.41, 5.74) is 5.96. The number of benzene rings is 3. The number of ether oxygens (including phenoxy) is 1. The zero-order valence-electron chi connectivity index (χ0n) is 26.4. The van der Waals surface area contributed by atoms with Crippen LogP contribution in [0.5, 0.6) is 17.2 Å². The lowest BCUT2D eigenvalue weighted by Gasteiger charge is -2.29. The molecular formula is C34H44N4O3S2. The zero-order chi connectivity index (χ0) is 31.7. The number of rotatable bonds is 9. The van der Waals surface area contributed by atoms with Crippen LogP contribution in [0.1, 0.15) is 87.3 Å². The van der Waals surface area contributed by atoms with Crippen molar-refractivity contribution in [1.29, 1.82) is 0 Å². The van der Waals surface area contributed by atoms with Crippen LogP contribution >= 0.6 is 25.3 Å². The molecule has 0 spiro atoms. The Bertz CT molecular complexity index is 1500. The van der Waals surface area contributed by atoms with Crippen LogP contribution < -0.4 is 10.1 Å². The van der Waals surface area contributed by atoms with E-state index in [1.54, 1.807) is 4.57 Å². The van der Waals surface area contributed by atoms with Gasteiger partial charge in [0.25, 0.3) is 0 Å². The molecule has 1 heterocycles. The van der Waals surface area contributed by atoms with Gasteiger partial charge in [0, 0.05) is 17.0 Å². The van der Waals surface area contributed by atoms with Crippen molar-refractivity contribution < 1.29 is 14.9 Å². The smallest absolute Gasteiger partial charge is 0.193 e. The van der Waals surface area contributed by atoms with Crippen LogP contribution in [0.2, 0.25) is 0 Å². The number of aromatic hydroxyl groups is 2. The summed E-state index contributed by atoms with van der Waals surface area (Å²) in [6.45, 7) is 17.7. The highest BCUT2D eigenvalue weighted by atomic mass is 32.1. The molecule has 0 bridgehead atoms. The number of nitrogens with zero attached hydrogens (tertiary/aromatic N) is 3.